The van der Waals surface area contributed by atoms with Crippen LogP contribution in [0.1, 0.15) is 29.2 Å². The Kier molecular flexibility index (Phi) is 3.91. The van der Waals surface area contributed by atoms with Crippen LogP contribution in [0.2, 0.25) is 0 Å². The van der Waals surface area contributed by atoms with Crippen molar-refractivity contribution in [1.29, 1.82) is 0 Å². The zero-order valence-electron chi connectivity index (χ0n) is 10.5. The van der Waals surface area contributed by atoms with Gasteiger partial charge in [-0.15, -0.1) is 11.3 Å². The molecule has 0 amide bonds. The lowest BCUT2D eigenvalue weighted by Gasteiger charge is -2.10. The van der Waals surface area contributed by atoms with Gasteiger partial charge in [0.2, 0.25) is 0 Å². The minimum Gasteiger partial charge on any atom is -0.308 e. The average Bonchev–Trinajstić information content (AvgIpc) is 2.88. The molecule has 0 spiro atoms. The highest BCUT2D eigenvalue weighted by molar-refractivity contribution is 7.09. The van der Waals surface area contributed by atoms with E-state index in [4.69, 9.17) is 0 Å². The molecular weight excluding hydrogens is 232 g/mol. The maximum absolute atomic E-state index is 4.48. The van der Waals surface area contributed by atoms with Crippen LogP contribution in [0, 0.1) is 6.92 Å². The predicted octanol–water partition coefficient (Wildman–Crippen LogP) is 2.08. The van der Waals surface area contributed by atoms with Crippen molar-refractivity contribution in [2.45, 2.75) is 26.3 Å². The van der Waals surface area contributed by atoms with Crippen LogP contribution in [0.3, 0.4) is 0 Å². The van der Waals surface area contributed by atoms with E-state index in [0.717, 1.165) is 23.7 Å². The van der Waals surface area contributed by atoms with Crippen molar-refractivity contribution in [3.63, 3.8) is 0 Å². The Hall–Kier alpha value is -1.20. The van der Waals surface area contributed by atoms with Gasteiger partial charge in [-0.2, -0.15) is 5.10 Å². The van der Waals surface area contributed by atoms with E-state index in [-0.39, 0.29) is 0 Å². The number of aryl methyl sites for hydroxylation is 2. The second kappa shape index (κ2) is 5.42. The fourth-order valence-electron chi connectivity index (χ4n) is 1.69. The summed E-state index contributed by atoms with van der Waals surface area (Å²) in [6.45, 7) is 5.13. The van der Waals surface area contributed by atoms with E-state index in [2.05, 4.69) is 33.9 Å². The fourth-order valence-corrected chi connectivity index (χ4v) is 2.52. The second-order valence-corrected chi connectivity index (χ2v) is 5.16. The summed E-state index contributed by atoms with van der Waals surface area (Å²) >= 11 is 1.72. The summed E-state index contributed by atoms with van der Waals surface area (Å²) in [5.41, 5.74) is 2.37. The molecule has 1 N–H and O–H groups in total. The van der Waals surface area contributed by atoms with Crippen LogP contribution in [-0.4, -0.2) is 21.3 Å². The molecule has 17 heavy (non-hydrogen) atoms. The van der Waals surface area contributed by atoms with Crippen molar-refractivity contribution in [3.05, 3.63) is 34.0 Å². The van der Waals surface area contributed by atoms with Gasteiger partial charge in [0.05, 0.1) is 12.2 Å². The first kappa shape index (κ1) is 12.3. The van der Waals surface area contributed by atoms with Gasteiger partial charge in [-0.1, -0.05) is 0 Å². The second-order valence-electron chi connectivity index (χ2n) is 4.28. The first-order valence-corrected chi connectivity index (χ1v) is 6.66. The smallest absolute Gasteiger partial charge is 0.110 e. The summed E-state index contributed by atoms with van der Waals surface area (Å²) in [5.74, 6) is 0. The first-order chi connectivity index (χ1) is 8.15. The summed E-state index contributed by atoms with van der Waals surface area (Å²) in [6.07, 6.45) is 4.97. The maximum atomic E-state index is 4.48. The molecule has 0 radical (unpaired) electrons. The maximum Gasteiger partial charge on any atom is 0.110 e. The Morgan fingerprint density at radius 1 is 1.53 bits per heavy atom. The Bertz CT molecular complexity index is 474. The van der Waals surface area contributed by atoms with Crippen LogP contribution in [-0.2, 0) is 13.5 Å². The van der Waals surface area contributed by atoms with E-state index in [9.17, 15) is 0 Å². The van der Waals surface area contributed by atoms with Crippen LogP contribution in [0.15, 0.2) is 17.8 Å². The lowest BCUT2D eigenvalue weighted by Crippen LogP contribution is -2.21. The highest BCUT2D eigenvalue weighted by Crippen LogP contribution is 2.17. The number of thiazole rings is 1. The van der Waals surface area contributed by atoms with E-state index in [0.29, 0.717) is 6.04 Å². The van der Waals surface area contributed by atoms with E-state index in [1.54, 1.807) is 11.3 Å². The lowest BCUT2D eigenvalue weighted by molar-refractivity contribution is 0.573. The van der Waals surface area contributed by atoms with Crippen LogP contribution >= 0.6 is 11.3 Å². The van der Waals surface area contributed by atoms with Crippen LogP contribution in [0.25, 0.3) is 0 Å². The summed E-state index contributed by atoms with van der Waals surface area (Å²) in [5, 5.41) is 10.9. The molecule has 2 rings (SSSR count). The number of rotatable bonds is 5. The Morgan fingerprint density at radius 3 is 2.94 bits per heavy atom. The molecule has 92 valence electrons. The Labute approximate surface area is 106 Å². The van der Waals surface area contributed by atoms with Gasteiger partial charge in [0.15, 0.2) is 0 Å². The standard InChI is InChI=1S/C12H18N4S/c1-9-8-17-12(15-9)10(2)13-5-4-11-6-14-16(3)7-11/h6-8,10,13H,4-5H2,1-3H3. The summed E-state index contributed by atoms with van der Waals surface area (Å²) < 4.78 is 1.84. The van der Waals surface area contributed by atoms with E-state index in [1.807, 2.05) is 24.9 Å². The zero-order chi connectivity index (χ0) is 12.3. The molecule has 0 aliphatic rings. The molecule has 0 saturated carbocycles. The highest BCUT2D eigenvalue weighted by Gasteiger charge is 2.08. The predicted molar refractivity (Wildman–Crippen MR) is 70.2 cm³/mol. The number of nitrogens with zero attached hydrogens (tertiary/aromatic N) is 3. The van der Waals surface area contributed by atoms with Crippen molar-refractivity contribution in [3.8, 4) is 0 Å². The molecule has 1 atom stereocenters. The van der Waals surface area contributed by atoms with Gasteiger partial charge in [0, 0.05) is 24.3 Å². The molecule has 0 saturated heterocycles. The molecule has 0 aromatic carbocycles. The summed E-state index contributed by atoms with van der Waals surface area (Å²) in [7, 11) is 1.94. The van der Waals surface area contributed by atoms with Crippen LogP contribution < -0.4 is 5.32 Å². The number of hydrogen-bond donors (Lipinski definition) is 1. The molecular formula is C12H18N4S. The first-order valence-electron chi connectivity index (χ1n) is 5.78. The molecule has 1 unspecified atom stereocenters. The Balaban J connectivity index is 1.78. The zero-order valence-corrected chi connectivity index (χ0v) is 11.3. The lowest BCUT2D eigenvalue weighted by atomic mass is 10.2. The average molecular weight is 250 g/mol. The van der Waals surface area contributed by atoms with E-state index >= 15 is 0 Å². The third-order valence-electron chi connectivity index (χ3n) is 2.63. The topological polar surface area (TPSA) is 42.7 Å². The molecule has 4 nitrogen and oxygen atoms in total. The molecule has 0 bridgehead atoms. The summed E-state index contributed by atoms with van der Waals surface area (Å²) in [4.78, 5) is 4.48. The molecule has 0 aliphatic carbocycles. The monoisotopic (exact) mass is 250 g/mol. The van der Waals surface area contributed by atoms with Gasteiger partial charge in [0.1, 0.15) is 5.01 Å². The van der Waals surface area contributed by atoms with Gasteiger partial charge in [-0.3, -0.25) is 4.68 Å². The molecule has 5 heteroatoms. The molecule has 2 aromatic heterocycles. The molecule has 0 aliphatic heterocycles. The van der Waals surface area contributed by atoms with Crippen molar-refractivity contribution in [2.24, 2.45) is 7.05 Å². The summed E-state index contributed by atoms with van der Waals surface area (Å²) in [6, 6.07) is 0.324. The van der Waals surface area contributed by atoms with Crippen molar-refractivity contribution in [2.75, 3.05) is 6.54 Å². The van der Waals surface area contributed by atoms with Gasteiger partial charge >= 0.3 is 0 Å². The van der Waals surface area contributed by atoms with Gasteiger partial charge < -0.3 is 5.32 Å². The van der Waals surface area contributed by atoms with Crippen LogP contribution in [0.5, 0.6) is 0 Å². The van der Waals surface area contributed by atoms with Gasteiger partial charge in [-0.05, 0) is 32.4 Å². The van der Waals surface area contributed by atoms with Crippen molar-refractivity contribution in [1.82, 2.24) is 20.1 Å². The van der Waals surface area contributed by atoms with Crippen molar-refractivity contribution < 1.29 is 0 Å². The highest BCUT2D eigenvalue weighted by atomic mass is 32.1. The fraction of sp³-hybridized carbons (Fsp3) is 0.500. The van der Waals surface area contributed by atoms with Gasteiger partial charge in [0.25, 0.3) is 0 Å². The van der Waals surface area contributed by atoms with Gasteiger partial charge in [-0.25, -0.2) is 4.98 Å². The molecule has 2 heterocycles. The largest absolute Gasteiger partial charge is 0.308 e. The normalized spacial score (nSPS) is 12.9. The minimum absolute atomic E-state index is 0.324. The third-order valence-corrected chi connectivity index (χ3v) is 3.78. The van der Waals surface area contributed by atoms with E-state index < -0.39 is 0 Å². The number of hydrogen-bond acceptors (Lipinski definition) is 4. The number of aromatic nitrogens is 3. The van der Waals surface area contributed by atoms with E-state index in [1.165, 1.54) is 5.56 Å². The third kappa shape index (κ3) is 3.38. The van der Waals surface area contributed by atoms with Crippen molar-refractivity contribution >= 4 is 11.3 Å². The number of nitrogens with one attached hydrogen (secondary N) is 1. The molecule has 2 aromatic rings. The Morgan fingerprint density at radius 2 is 2.35 bits per heavy atom. The SMILES string of the molecule is Cc1csc(C(C)NCCc2cnn(C)c2)n1. The molecule has 0 fully saturated rings. The quantitative estimate of drug-likeness (QED) is 0.883. The van der Waals surface area contributed by atoms with Crippen LogP contribution in [0.4, 0.5) is 0 Å². The minimum atomic E-state index is 0.324.